The van der Waals surface area contributed by atoms with Crippen LogP contribution in [0.25, 0.3) is 27.6 Å². The van der Waals surface area contributed by atoms with Gasteiger partial charge in [0.2, 0.25) is 4.96 Å². The molecule has 0 unspecified atom stereocenters. The van der Waals surface area contributed by atoms with Gasteiger partial charge in [0.25, 0.3) is 5.91 Å². The van der Waals surface area contributed by atoms with Gasteiger partial charge in [-0.05, 0) is 25.1 Å². The van der Waals surface area contributed by atoms with E-state index in [4.69, 9.17) is 16.1 Å². The molecule has 10 heteroatoms. The summed E-state index contributed by atoms with van der Waals surface area (Å²) in [6.07, 6.45) is 0.531. The molecule has 166 valence electrons. The third-order valence-electron chi connectivity index (χ3n) is 5.12. The first-order valence-corrected chi connectivity index (χ1v) is 11.4. The molecule has 3 heterocycles. The zero-order chi connectivity index (χ0) is 22.9. The monoisotopic (exact) mass is 481 g/mol. The molecule has 33 heavy (non-hydrogen) atoms. The first-order valence-electron chi connectivity index (χ1n) is 10.1. The van der Waals surface area contributed by atoms with Gasteiger partial charge in [-0.25, -0.2) is 8.91 Å². The normalized spacial score (nSPS) is 11.2. The number of amides is 1. The predicted octanol–water partition coefficient (Wildman–Crippen LogP) is 5.19. The second kappa shape index (κ2) is 8.76. The van der Waals surface area contributed by atoms with Crippen LogP contribution >= 0.6 is 22.9 Å². The van der Waals surface area contributed by atoms with Gasteiger partial charge in [-0.2, -0.15) is 4.98 Å². The largest absolute Gasteiger partial charge is 0.360 e. The van der Waals surface area contributed by atoms with Gasteiger partial charge in [0, 0.05) is 29.5 Å². The Morgan fingerprint density at radius 2 is 2.09 bits per heavy atom. The van der Waals surface area contributed by atoms with Crippen LogP contribution in [0.5, 0.6) is 0 Å². The number of hydrogen-bond donors (Lipinski definition) is 1. The van der Waals surface area contributed by atoms with Crippen LogP contribution in [0.3, 0.4) is 0 Å². The number of carbonyl (C=O) groups excluding carboxylic acids is 1. The van der Waals surface area contributed by atoms with E-state index in [0.717, 1.165) is 5.69 Å². The van der Waals surface area contributed by atoms with Crippen LogP contribution < -0.4 is 5.32 Å². The van der Waals surface area contributed by atoms with Crippen LogP contribution in [0.4, 0.5) is 4.39 Å². The highest BCUT2D eigenvalue weighted by atomic mass is 35.5. The van der Waals surface area contributed by atoms with Crippen LogP contribution in [0.15, 0.2) is 58.4 Å². The number of nitrogens with one attached hydrogen (secondary N) is 1. The van der Waals surface area contributed by atoms with Gasteiger partial charge >= 0.3 is 0 Å². The molecule has 0 aliphatic rings. The van der Waals surface area contributed by atoms with Gasteiger partial charge < -0.3 is 9.84 Å². The number of benzene rings is 2. The molecule has 0 bridgehead atoms. The molecule has 2 aromatic carbocycles. The third-order valence-corrected chi connectivity index (χ3v) is 6.31. The quantitative estimate of drug-likeness (QED) is 0.361. The lowest BCUT2D eigenvalue weighted by Crippen LogP contribution is -2.26. The average Bonchev–Trinajstić information content (AvgIpc) is 3.49. The summed E-state index contributed by atoms with van der Waals surface area (Å²) in [4.78, 5) is 18.1. The minimum absolute atomic E-state index is 0.297. The van der Waals surface area contributed by atoms with Gasteiger partial charge in [0.05, 0.1) is 10.7 Å². The molecule has 0 atom stereocenters. The van der Waals surface area contributed by atoms with Gasteiger partial charge in [-0.1, -0.05) is 47.1 Å². The van der Waals surface area contributed by atoms with Crippen molar-refractivity contribution in [1.29, 1.82) is 0 Å². The smallest absolute Gasteiger partial charge is 0.257 e. The lowest BCUT2D eigenvalue weighted by molar-refractivity contribution is 0.0953. The highest BCUT2D eigenvalue weighted by Crippen LogP contribution is 2.31. The molecule has 0 fully saturated rings. The van der Waals surface area contributed by atoms with Crippen molar-refractivity contribution in [1.82, 2.24) is 25.1 Å². The average molecular weight is 482 g/mol. The molecule has 0 radical (unpaired) electrons. The van der Waals surface area contributed by atoms with Crippen LogP contribution in [-0.4, -0.2) is 32.2 Å². The van der Waals surface area contributed by atoms with Crippen LogP contribution in [0.1, 0.15) is 21.8 Å². The Balaban J connectivity index is 1.31. The van der Waals surface area contributed by atoms with Gasteiger partial charge in [-0.15, -0.1) is 16.4 Å². The van der Waals surface area contributed by atoms with Crippen molar-refractivity contribution in [3.05, 3.63) is 81.8 Å². The standard InChI is InChI=1S/C23H17ClFN5O2S/c1-13-19(20(29-32-13)17-7-2-3-8-18(17)24)22(31)26-10-9-16-12-33-23-27-21(28-30(16)23)14-5-4-6-15(25)11-14/h2-8,11-12H,9-10H2,1H3,(H,26,31). The minimum Gasteiger partial charge on any atom is -0.360 e. The third kappa shape index (κ3) is 4.12. The van der Waals surface area contributed by atoms with Crippen molar-refractivity contribution in [2.45, 2.75) is 13.3 Å². The zero-order valence-corrected chi connectivity index (χ0v) is 19.0. The van der Waals surface area contributed by atoms with Crippen molar-refractivity contribution in [2.24, 2.45) is 0 Å². The SMILES string of the molecule is Cc1onc(-c2ccccc2Cl)c1C(=O)NCCc1csc2nc(-c3cccc(F)c3)nn12. The maximum absolute atomic E-state index is 13.5. The maximum atomic E-state index is 13.5. The number of thiazole rings is 1. The van der Waals surface area contributed by atoms with E-state index in [1.54, 1.807) is 35.7 Å². The topological polar surface area (TPSA) is 85.3 Å². The van der Waals surface area contributed by atoms with E-state index in [9.17, 15) is 9.18 Å². The van der Waals surface area contributed by atoms with E-state index in [2.05, 4.69) is 20.6 Å². The number of halogens is 2. The number of rotatable bonds is 6. The molecule has 3 aromatic heterocycles. The fourth-order valence-electron chi connectivity index (χ4n) is 3.52. The van der Waals surface area contributed by atoms with Crippen molar-refractivity contribution < 1.29 is 13.7 Å². The Morgan fingerprint density at radius 3 is 2.91 bits per heavy atom. The van der Waals surface area contributed by atoms with Gasteiger partial charge in [0.1, 0.15) is 22.8 Å². The summed E-state index contributed by atoms with van der Waals surface area (Å²) in [5.41, 5.74) is 2.89. The highest BCUT2D eigenvalue weighted by Gasteiger charge is 2.23. The molecule has 5 rings (SSSR count). The van der Waals surface area contributed by atoms with E-state index in [1.807, 2.05) is 17.5 Å². The molecule has 5 aromatic rings. The molecule has 1 amide bonds. The fraction of sp³-hybridized carbons (Fsp3) is 0.130. The maximum Gasteiger partial charge on any atom is 0.257 e. The summed E-state index contributed by atoms with van der Waals surface area (Å²) in [6, 6.07) is 13.3. The Morgan fingerprint density at radius 1 is 1.24 bits per heavy atom. The second-order valence-corrected chi connectivity index (χ2v) is 8.56. The van der Waals surface area contributed by atoms with E-state index < -0.39 is 0 Å². The van der Waals surface area contributed by atoms with E-state index in [1.165, 1.54) is 23.5 Å². The highest BCUT2D eigenvalue weighted by molar-refractivity contribution is 7.15. The Bertz CT molecular complexity index is 1470. The molecular weight excluding hydrogens is 465 g/mol. The number of carbonyl (C=O) groups is 1. The summed E-state index contributed by atoms with van der Waals surface area (Å²) < 4.78 is 20.5. The molecule has 0 saturated heterocycles. The summed E-state index contributed by atoms with van der Waals surface area (Å²) in [5, 5.41) is 13.9. The molecule has 0 aliphatic carbocycles. The van der Waals surface area contributed by atoms with Crippen LogP contribution in [0, 0.1) is 12.7 Å². The number of fused-ring (bicyclic) bond motifs is 1. The Labute approximate surface area is 196 Å². The lowest BCUT2D eigenvalue weighted by Gasteiger charge is -2.06. The minimum atomic E-state index is -0.339. The molecule has 7 nitrogen and oxygen atoms in total. The van der Waals surface area contributed by atoms with Crippen molar-refractivity contribution in [3.63, 3.8) is 0 Å². The van der Waals surface area contributed by atoms with E-state index >= 15 is 0 Å². The fourth-order valence-corrected chi connectivity index (χ4v) is 4.60. The Hall–Kier alpha value is -3.56. The van der Waals surface area contributed by atoms with Crippen molar-refractivity contribution >= 4 is 33.8 Å². The number of aromatic nitrogens is 4. The zero-order valence-electron chi connectivity index (χ0n) is 17.4. The number of hydrogen-bond acceptors (Lipinski definition) is 6. The first kappa shape index (κ1) is 21.3. The molecular formula is C23H17ClFN5O2S. The van der Waals surface area contributed by atoms with Crippen molar-refractivity contribution in [3.8, 4) is 22.6 Å². The first-order chi connectivity index (χ1) is 16.0. The Kier molecular flexibility index (Phi) is 5.65. The van der Waals surface area contributed by atoms with Gasteiger partial charge in [-0.3, -0.25) is 4.79 Å². The van der Waals surface area contributed by atoms with Gasteiger partial charge in [0.15, 0.2) is 5.82 Å². The van der Waals surface area contributed by atoms with E-state index in [0.29, 0.717) is 56.9 Å². The number of aryl methyl sites for hydroxylation is 1. The van der Waals surface area contributed by atoms with Crippen molar-refractivity contribution in [2.75, 3.05) is 6.54 Å². The number of nitrogens with zero attached hydrogens (tertiary/aromatic N) is 4. The molecule has 0 aliphatic heterocycles. The summed E-state index contributed by atoms with van der Waals surface area (Å²) in [5.74, 6) is 0.232. The lowest BCUT2D eigenvalue weighted by atomic mass is 10.1. The second-order valence-electron chi connectivity index (χ2n) is 7.32. The van der Waals surface area contributed by atoms with Crippen LogP contribution in [0.2, 0.25) is 5.02 Å². The molecule has 0 spiro atoms. The molecule has 1 N–H and O–H groups in total. The summed E-state index contributed by atoms with van der Waals surface area (Å²) >= 11 is 7.72. The van der Waals surface area contributed by atoms with E-state index in [-0.39, 0.29) is 11.7 Å². The summed E-state index contributed by atoms with van der Waals surface area (Å²) in [7, 11) is 0. The summed E-state index contributed by atoms with van der Waals surface area (Å²) in [6.45, 7) is 2.06. The predicted molar refractivity (Wildman–Crippen MR) is 124 cm³/mol. The van der Waals surface area contributed by atoms with Crippen LogP contribution in [-0.2, 0) is 6.42 Å². The molecule has 0 saturated carbocycles.